The molecule has 1 aromatic rings. The Kier molecular flexibility index (Phi) is 9.61. The number of aromatic nitrogens is 1. The minimum Gasteiger partial charge on any atom is -0.382 e. The molecule has 7 nitrogen and oxygen atoms in total. The van der Waals surface area contributed by atoms with Gasteiger partial charge in [-0.2, -0.15) is 0 Å². The van der Waals surface area contributed by atoms with Gasteiger partial charge in [-0.3, -0.25) is 4.99 Å². The number of guanidine groups is 1. The summed E-state index contributed by atoms with van der Waals surface area (Å²) < 4.78 is 10.4. The van der Waals surface area contributed by atoms with Crippen molar-refractivity contribution >= 4 is 22.4 Å². The fraction of sp³-hybridized carbons (Fsp3) is 0.765. The third-order valence-corrected chi connectivity index (χ3v) is 4.95. The zero-order valence-electron chi connectivity index (χ0n) is 15.4. The summed E-state index contributed by atoms with van der Waals surface area (Å²) in [4.78, 5) is 11.4. The maximum absolute atomic E-state index is 5.44. The molecule has 1 saturated heterocycles. The quantitative estimate of drug-likeness (QED) is 0.350. The van der Waals surface area contributed by atoms with Crippen molar-refractivity contribution in [3.8, 4) is 0 Å². The van der Waals surface area contributed by atoms with E-state index in [0.717, 1.165) is 57.3 Å². The highest BCUT2D eigenvalue weighted by atomic mass is 32.1. The predicted molar refractivity (Wildman–Crippen MR) is 104 cm³/mol. The van der Waals surface area contributed by atoms with Crippen LogP contribution >= 0.6 is 11.3 Å². The van der Waals surface area contributed by atoms with Gasteiger partial charge in [0.25, 0.3) is 0 Å². The maximum Gasteiger partial charge on any atom is 0.190 e. The van der Waals surface area contributed by atoms with E-state index in [0.29, 0.717) is 13.2 Å². The lowest BCUT2D eigenvalue weighted by Gasteiger charge is -2.12. The number of anilines is 1. The lowest BCUT2D eigenvalue weighted by Crippen LogP contribution is -2.39. The van der Waals surface area contributed by atoms with Gasteiger partial charge in [-0.05, 0) is 19.3 Å². The standard InChI is InChI=1S/C17H31N5O2S/c1-18-16(19-7-5-11-24-13-12-23-2)20-8-6-15-14-25-17(21-15)22-9-3-4-10-22/h14H,3-13H2,1-2H3,(H2,18,19,20). The van der Waals surface area contributed by atoms with Gasteiger partial charge in [0.1, 0.15) is 0 Å². The number of thiazole rings is 1. The van der Waals surface area contributed by atoms with Crippen molar-refractivity contribution in [1.82, 2.24) is 15.6 Å². The van der Waals surface area contributed by atoms with Gasteiger partial charge in [-0.15, -0.1) is 11.3 Å². The maximum atomic E-state index is 5.44. The van der Waals surface area contributed by atoms with E-state index in [-0.39, 0.29) is 0 Å². The van der Waals surface area contributed by atoms with E-state index in [1.807, 2.05) is 0 Å². The summed E-state index contributed by atoms with van der Waals surface area (Å²) in [6.07, 6.45) is 4.42. The van der Waals surface area contributed by atoms with Gasteiger partial charge in [0.2, 0.25) is 0 Å². The van der Waals surface area contributed by atoms with Crippen LogP contribution in [0.25, 0.3) is 0 Å². The number of ether oxygens (including phenoxy) is 2. The van der Waals surface area contributed by atoms with Crippen LogP contribution in [0.4, 0.5) is 5.13 Å². The van der Waals surface area contributed by atoms with E-state index in [1.165, 1.54) is 18.0 Å². The lowest BCUT2D eigenvalue weighted by atomic mass is 10.3. The molecule has 2 rings (SSSR count). The van der Waals surface area contributed by atoms with Crippen LogP contribution in [0.1, 0.15) is 25.0 Å². The second-order valence-corrected chi connectivity index (χ2v) is 6.79. The molecule has 2 heterocycles. The van der Waals surface area contributed by atoms with Crippen LogP contribution < -0.4 is 15.5 Å². The molecule has 25 heavy (non-hydrogen) atoms. The van der Waals surface area contributed by atoms with Crippen molar-refractivity contribution in [2.24, 2.45) is 4.99 Å². The van der Waals surface area contributed by atoms with Crippen molar-refractivity contribution in [2.45, 2.75) is 25.7 Å². The van der Waals surface area contributed by atoms with Crippen molar-refractivity contribution in [3.63, 3.8) is 0 Å². The summed E-state index contributed by atoms with van der Waals surface area (Å²) in [5.41, 5.74) is 1.15. The van der Waals surface area contributed by atoms with E-state index >= 15 is 0 Å². The molecule has 0 radical (unpaired) electrons. The second kappa shape index (κ2) is 12.1. The van der Waals surface area contributed by atoms with Crippen LogP contribution in [-0.4, -0.2) is 71.1 Å². The van der Waals surface area contributed by atoms with Crippen LogP contribution in [0, 0.1) is 0 Å². The van der Waals surface area contributed by atoms with Crippen LogP contribution in [0.5, 0.6) is 0 Å². The number of methoxy groups -OCH3 is 1. The van der Waals surface area contributed by atoms with E-state index in [1.54, 1.807) is 25.5 Å². The highest BCUT2D eigenvalue weighted by Crippen LogP contribution is 2.24. The Bertz CT molecular complexity index is 503. The molecule has 142 valence electrons. The Morgan fingerprint density at radius 1 is 1.24 bits per heavy atom. The first-order valence-corrected chi connectivity index (χ1v) is 9.92. The molecule has 2 N–H and O–H groups in total. The number of nitrogens with zero attached hydrogens (tertiary/aromatic N) is 3. The Morgan fingerprint density at radius 2 is 2.04 bits per heavy atom. The average molecular weight is 370 g/mol. The van der Waals surface area contributed by atoms with Crippen LogP contribution in [0.2, 0.25) is 0 Å². The van der Waals surface area contributed by atoms with Gasteiger partial charge in [0, 0.05) is 58.7 Å². The molecule has 0 aromatic carbocycles. The molecule has 0 unspecified atom stereocenters. The lowest BCUT2D eigenvalue weighted by molar-refractivity contribution is 0.0698. The van der Waals surface area contributed by atoms with Gasteiger partial charge in [0.05, 0.1) is 18.9 Å². The van der Waals surface area contributed by atoms with Gasteiger partial charge in [-0.1, -0.05) is 0 Å². The summed E-state index contributed by atoms with van der Waals surface area (Å²) in [6, 6.07) is 0. The second-order valence-electron chi connectivity index (χ2n) is 5.95. The van der Waals surface area contributed by atoms with Gasteiger partial charge in [0.15, 0.2) is 11.1 Å². The molecule has 1 aromatic heterocycles. The summed E-state index contributed by atoms with van der Waals surface area (Å²) in [7, 11) is 3.47. The summed E-state index contributed by atoms with van der Waals surface area (Å²) in [5.74, 6) is 0.826. The molecule has 0 saturated carbocycles. The van der Waals surface area contributed by atoms with E-state index in [4.69, 9.17) is 14.5 Å². The zero-order chi connectivity index (χ0) is 17.7. The van der Waals surface area contributed by atoms with Gasteiger partial charge in [-0.25, -0.2) is 4.98 Å². The number of rotatable bonds is 11. The normalized spacial score (nSPS) is 15.0. The fourth-order valence-electron chi connectivity index (χ4n) is 2.62. The highest BCUT2D eigenvalue weighted by Gasteiger charge is 2.15. The highest BCUT2D eigenvalue weighted by molar-refractivity contribution is 7.13. The number of hydrogen-bond donors (Lipinski definition) is 2. The zero-order valence-corrected chi connectivity index (χ0v) is 16.2. The summed E-state index contributed by atoms with van der Waals surface area (Å²) in [5, 5.41) is 9.97. The predicted octanol–water partition coefficient (Wildman–Crippen LogP) is 1.50. The Balaban J connectivity index is 1.56. The Labute approximate surface area is 154 Å². The largest absolute Gasteiger partial charge is 0.382 e. The smallest absolute Gasteiger partial charge is 0.190 e. The van der Waals surface area contributed by atoms with Crippen molar-refractivity contribution in [2.75, 3.05) is 65.1 Å². The van der Waals surface area contributed by atoms with Crippen LogP contribution in [0.3, 0.4) is 0 Å². The van der Waals surface area contributed by atoms with E-state index in [2.05, 4.69) is 25.9 Å². The molecule has 1 aliphatic heterocycles. The molecule has 0 amide bonds. The molecular weight excluding hydrogens is 338 g/mol. The average Bonchev–Trinajstić information content (AvgIpc) is 3.30. The molecular formula is C17H31N5O2S. The topological polar surface area (TPSA) is 71.0 Å². The first-order chi connectivity index (χ1) is 12.3. The Morgan fingerprint density at radius 3 is 2.80 bits per heavy atom. The number of nitrogens with one attached hydrogen (secondary N) is 2. The van der Waals surface area contributed by atoms with E-state index in [9.17, 15) is 0 Å². The van der Waals surface area contributed by atoms with Crippen molar-refractivity contribution in [1.29, 1.82) is 0 Å². The van der Waals surface area contributed by atoms with Crippen LogP contribution in [0.15, 0.2) is 10.4 Å². The molecule has 0 atom stereocenters. The Hall–Kier alpha value is -1.38. The van der Waals surface area contributed by atoms with Gasteiger partial charge >= 0.3 is 0 Å². The molecule has 0 spiro atoms. The molecule has 0 aliphatic carbocycles. The third kappa shape index (κ3) is 7.58. The monoisotopic (exact) mass is 369 g/mol. The minimum absolute atomic E-state index is 0.646. The first-order valence-electron chi connectivity index (χ1n) is 9.04. The van der Waals surface area contributed by atoms with Gasteiger partial charge < -0.3 is 25.0 Å². The number of aliphatic imine (C=N–C) groups is 1. The van der Waals surface area contributed by atoms with Crippen molar-refractivity contribution in [3.05, 3.63) is 11.1 Å². The van der Waals surface area contributed by atoms with Crippen molar-refractivity contribution < 1.29 is 9.47 Å². The molecule has 0 bridgehead atoms. The SMILES string of the molecule is CN=C(NCCCOCCOC)NCCc1csc(N2CCCC2)n1. The number of hydrogen-bond acceptors (Lipinski definition) is 6. The summed E-state index contributed by atoms with van der Waals surface area (Å²) >= 11 is 1.75. The van der Waals surface area contributed by atoms with Crippen LogP contribution in [-0.2, 0) is 15.9 Å². The third-order valence-electron chi connectivity index (χ3n) is 4.00. The molecule has 1 fully saturated rings. The fourth-order valence-corrected chi connectivity index (χ4v) is 3.53. The first kappa shape index (κ1) is 19.9. The minimum atomic E-state index is 0.646. The molecule has 8 heteroatoms. The summed E-state index contributed by atoms with van der Waals surface area (Å²) in [6.45, 7) is 5.98. The van der Waals surface area contributed by atoms with E-state index < -0.39 is 0 Å². The molecule has 1 aliphatic rings.